The lowest BCUT2D eigenvalue weighted by Gasteiger charge is -2.18. The molecular weight excluding hydrogens is 238 g/mol. The molecule has 1 heterocycles. The van der Waals surface area contributed by atoms with Gasteiger partial charge in [-0.05, 0) is 12.5 Å². The van der Waals surface area contributed by atoms with Crippen molar-refractivity contribution in [1.29, 1.82) is 0 Å². The van der Waals surface area contributed by atoms with Crippen LogP contribution in [0.25, 0.3) is 0 Å². The van der Waals surface area contributed by atoms with Crippen LogP contribution in [0.1, 0.15) is 12.5 Å². The average Bonchev–Trinajstić information content (AvgIpc) is 2.66. The number of hydrogen-bond donors (Lipinski definition) is 4. The number of hydrogen-bond acceptors (Lipinski definition) is 6. The second-order valence-corrected chi connectivity index (χ2v) is 4.48. The molecule has 7 nitrogen and oxygen atoms in total. The zero-order chi connectivity index (χ0) is 13.3. The first-order chi connectivity index (χ1) is 8.58. The van der Waals surface area contributed by atoms with Crippen molar-refractivity contribution in [2.75, 3.05) is 19.0 Å². The van der Waals surface area contributed by atoms with Gasteiger partial charge in [-0.25, -0.2) is 4.79 Å². The van der Waals surface area contributed by atoms with Crippen LogP contribution in [0.3, 0.4) is 0 Å². The summed E-state index contributed by atoms with van der Waals surface area (Å²) in [5.41, 5.74) is -0.489. The van der Waals surface area contributed by atoms with Crippen molar-refractivity contribution in [3.8, 4) is 0 Å². The van der Waals surface area contributed by atoms with E-state index in [4.69, 9.17) is 5.11 Å². The highest BCUT2D eigenvalue weighted by Gasteiger charge is 2.42. The van der Waals surface area contributed by atoms with Crippen LogP contribution in [0.15, 0.2) is 17.1 Å². The highest BCUT2D eigenvalue weighted by Crippen LogP contribution is 2.34. The predicted octanol–water partition coefficient (Wildman–Crippen LogP) is -1.44. The Hall–Kier alpha value is -1.44. The highest BCUT2D eigenvalue weighted by molar-refractivity contribution is 5.30. The molecule has 2 rings (SSSR count). The summed E-state index contributed by atoms with van der Waals surface area (Å²) in [7, 11) is 1.65. The van der Waals surface area contributed by atoms with E-state index in [2.05, 4.69) is 10.3 Å². The largest absolute Gasteiger partial charge is 0.396 e. The molecule has 0 aromatic carbocycles. The predicted molar refractivity (Wildman–Crippen MR) is 64.3 cm³/mol. The summed E-state index contributed by atoms with van der Waals surface area (Å²) in [5, 5.41) is 31.5. The van der Waals surface area contributed by atoms with Crippen molar-refractivity contribution in [2.45, 2.75) is 24.7 Å². The fraction of sp³-hybridized carbons (Fsp3) is 0.636. The number of nitrogens with zero attached hydrogens (tertiary/aromatic N) is 2. The summed E-state index contributed by atoms with van der Waals surface area (Å²) in [6.45, 7) is -0.217. The van der Waals surface area contributed by atoms with E-state index in [9.17, 15) is 15.0 Å². The topological polar surface area (TPSA) is 108 Å². The van der Waals surface area contributed by atoms with Crippen LogP contribution in [0.4, 0.5) is 5.82 Å². The van der Waals surface area contributed by atoms with Crippen molar-refractivity contribution in [3.63, 3.8) is 0 Å². The van der Waals surface area contributed by atoms with Crippen LogP contribution < -0.4 is 11.0 Å². The molecule has 4 atom stereocenters. The summed E-state index contributed by atoms with van der Waals surface area (Å²) >= 11 is 0. The smallest absolute Gasteiger partial charge is 0.349 e. The molecule has 0 amide bonds. The van der Waals surface area contributed by atoms with E-state index in [-0.39, 0.29) is 6.61 Å². The number of aliphatic hydroxyl groups excluding tert-OH is 3. The molecule has 100 valence electrons. The van der Waals surface area contributed by atoms with Gasteiger partial charge in [0, 0.05) is 25.8 Å². The third-order valence-corrected chi connectivity index (χ3v) is 3.45. The number of aromatic nitrogens is 2. The van der Waals surface area contributed by atoms with Crippen LogP contribution >= 0.6 is 0 Å². The SMILES string of the molecule is CNc1ccn(C2CC(CO)C(O)C2O)c(=O)n1. The van der Waals surface area contributed by atoms with Crippen LogP contribution in [-0.2, 0) is 0 Å². The lowest BCUT2D eigenvalue weighted by molar-refractivity contribution is -0.00453. The Labute approximate surface area is 104 Å². The molecule has 4 unspecified atom stereocenters. The van der Waals surface area contributed by atoms with Gasteiger partial charge in [0.05, 0.1) is 12.1 Å². The van der Waals surface area contributed by atoms with Crippen molar-refractivity contribution < 1.29 is 15.3 Å². The fourth-order valence-corrected chi connectivity index (χ4v) is 2.36. The quantitative estimate of drug-likeness (QED) is 0.527. The fourth-order valence-electron chi connectivity index (χ4n) is 2.36. The number of nitrogens with one attached hydrogen (secondary N) is 1. The zero-order valence-corrected chi connectivity index (χ0v) is 10.0. The van der Waals surface area contributed by atoms with Gasteiger partial charge >= 0.3 is 5.69 Å². The van der Waals surface area contributed by atoms with Gasteiger partial charge in [0.15, 0.2) is 0 Å². The summed E-state index contributed by atoms with van der Waals surface area (Å²) < 4.78 is 1.30. The van der Waals surface area contributed by atoms with Gasteiger partial charge in [-0.15, -0.1) is 0 Å². The molecule has 1 aromatic rings. The molecule has 0 aliphatic heterocycles. The summed E-state index contributed by atoms with van der Waals surface area (Å²) in [6.07, 6.45) is -0.209. The standard InChI is InChI=1S/C11H17N3O4/c1-12-8-2-3-14(11(18)13-8)7-4-6(5-15)9(16)10(7)17/h2-3,6-7,9-10,15-17H,4-5H2,1H3,(H,12,13,18). The van der Waals surface area contributed by atoms with Gasteiger partial charge < -0.3 is 20.6 Å². The van der Waals surface area contributed by atoms with Gasteiger partial charge in [0.25, 0.3) is 0 Å². The number of aliphatic hydroxyl groups is 3. The molecule has 0 saturated heterocycles. The molecule has 7 heteroatoms. The van der Waals surface area contributed by atoms with Crippen LogP contribution in [0.2, 0.25) is 0 Å². The van der Waals surface area contributed by atoms with Crippen LogP contribution in [0, 0.1) is 5.92 Å². The van der Waals surface area contributed by atoms with Crippen molar-refractivity contribution in [1.82, 2.24) is 9.55 Å². The maximum absolute atomic E-state index is 11.8. The maximum atomic E-state index is 11.8. The summed E-state index contributed by atoms with van der Waals surface area (Å²) in [6, 6.07) is 1.07. The third-order valence-electron chi connectivity index (χ3n) is 3.45. The van der Waals surface area contributed by atoms with Crippen LogP contribution in [0.5, 0.6) is 0 Å². The lowest BCUT2D eigenvalue weighted by atomic mass is 10.1. The Morgan fingerprint density at radius 3 is 2.72 bits per heavy atom. The van der Waals surface area contributed by atoms with E-state index in [0.717, 1.165) is 0 Å². The Morgan fingerprint density at radius 2 is 2.22 bits per heavy atom. The summed E-state index contributed by atoms with van der Waals surface area (Å²) in [4.78, 5) is 15.6. The van der Waals surface area contributed by atoms with Gasteiger partial charge in [-0.2, -0.15) is 4.98 Å². The molecule has 18 heavy (non-hydrogen) atoms. The molecule has 1 aliphatic rings. The molecule has 0 spiro atoms. The Balaban J connectivity index is 2.30. The van der Waals surface area contributed by atoms with Gasteiger partial charge in [0.2, 0.25) is 0 Å². The zero-order valence-electron chi connectivity index (χ0n) is 10.0. The second kappa shape index (κ2) is 5.05. The third kappa shape index (κ3) is 2.12. The average molecular weight is 255 g/mol. The molecule has 1 aromatic heterocycles. The first-order valence-electron chi connectivity index (χ1n) is 5.82. The van der Waals surface area contributed by atoms with Crippen molar-refractivity contribution in [2.24, 2.45) is 5.92 Å². The minimum Gasteiger partial charge on any atom is -0.396 e. The molecule has 4 N–H and O–H groups in total. The van der Waals surface area contributed by atoms with Gasteiger partial charge in [-0.3, -0.25) is 4.57 Å². The molecule has 1 fully saturated rings. The van der Waals surface area contributed by atoms with Gasteiger partial charge in [0.1, 0.15) is 11.9 Å². The van der Waals surface area contributed by atoms with Gasteiger partial charge in [-0.1, -0.05) is 0 Å². The Morgan fingerprint density at radius 1 is 1.50 bits per heavy atom. The summed E-state index contributed by atoms with van der Waals surface area (Å²) in [5.74, 6) is 0.0314. The normalized spacial score (nSPS) is 31.6. The molecular formula is C11H17N3O4. The number of rotatable bonds is 3. The maximum Gasteiger partial charge on any atom is 0.349 e. The molecule has 0 bridgehead atoms. The van der Waals surface area contributed by atoms with Crippen LogP contribution in [-0.4, -0.2) is 50.7 Å². The van der Waals surface area contributed by atoms with E-state index < -0.39 is 29.9 Å². The minimum absolute atomic E-state index is 0.217. The molecule has 1 saturated carbocycles. The molecule has 0 radical (unpaired) electrons. The Kier molecular flexibility index (Phi) is 3.65. The van der Waals surface area contributed by atoms with E-state index in [0.29, 0.717) is 12.2 Å². The lowest BCUT2D eigenvalue weighted by Crippen LogP contribution is -2.35. The van der Waals surface area contributed by atoms with Crippen molar-refractivity contribution >= 4 is 5.82 Å². The first-order valence-corrected chi connectivity index (χ1v) is 5.82. The Bertz CT molecular complexity index is 476. The van der Waals surface area contributed by atoms with E-state index in [1.54, 1.807) is 13.1 Å². The molecule has 1 aliphatic carbocycles. The van der Waals surface area contributed by atoms with E-state index in [1.807, 2.05) is 0 Å². The number of anilines is 1. The minimum atomic E-state index is -1.07. The monoisotopic (exact) mass is 255 g/mol. The first kappa shape index (κ1) is 13.0. The van der Waals surface area contributed by atoms with E-state index >= 15 is 0 Å². The van der Waals surface area contributed by atoms with E-state index in [1.165, 1.54) is 10.8 Å². The second-order valence-electron chi connectivity index (χ2n) is 4.48. The highest BCUT2D eigenvalue weighted by atomic mass is 16.3. The van der Waals surface area contributed by atoms with Crippen molar-refractivity contribution in [3.05, 3.63) is 22.7 Å².